The Labute approximate surface area is 263 Å². The number of nitrogens with two attached hydrogens (primary N) is 1. The topological polar surface area (TPSA) is 55.9 Å². The number of aryl methyl sites for hydroxylation is 3. The molecule has 4 rings (SSSR count). The summed E-state index contributed by atoms with van der Waals surface area (Å²) >= 11 is 0. The number of halogens is 2. The van der Waals surface area contributed by atoms with Crippen LogP contribution in [0, 0.1) is 13.8 Å². The smallest absolute Gasteiger partial charge is 0.270 e. The highest BCUT2D eigenvalue weighted by molar-refractivity contribution is 6.03. The minimum atomic E-state index is -3.00. The van der Waals surface area contributed by atoms with Crippen LogP contribution in [0.1, 0.15) is 72.6 Å². The molecule has 3 N–H and O–H groups in total. The zero-order valence-corrected chi connectivity index (χ0v) is 27.3. The molecule has 1 aliphatic rings. The van der Waals surface area contributed by atoms with E-state index in [2.05, 4.69) is 68.9 Å². The maximum Gasteiger partial charge on any atom is 0.270 e. The Kier molecular flexibility index (Phi) is 14.3. The second-order valence-electron chi connectivity index (χ2n) is 9.69. The van der Waals surface area contributed by atoms with Crippen LogP contribution in [-0.4, -0.2) is 9.55 Å². The molecule has 44 heavy (non-hydrogen) atoms. The van der Waals surface area contributed by atoms with E-state index in [1.54, 1.807) is 25.3 Å². The van der Waals surface area contributed by atoms with Crippen molar-refractivity contribution in [2.24, 2.45) is 5.73 Å². The van der Waals surface area contributed by atoms with Crippen LogP contribution in [-0.2, 0) is 18.9 Å². The normalized spacial score (nSPS) is 12.2. The van der Waals surface area contributed by atoms with Gasteiger partial charge in [-0.15, -0.1) is 26.3 Å². The van der Waals surface area contributed by atoms with Crippen LogP contribution in [0.15, 0.2) is 100 Å². The third kappa shape index (κ3) is 8.01. The summed E-state index contributed by atoms with van der Waals surface area (Å²) in [6.07, 6.45) is 11.9. The van der Waals surface area contributed by atoms with Crippen molar-refractivity contribution in [1.29, 1.82) is 0 Å². The molecule has 0 radical (unpaired) electrons. The van der Waals surface area contributed by atoms with Gasteiger partial charge in [0.1, 0.15) is 0 Å². The second-order valence-corrected chi connectivity index (χ2v) is 9.69. The minimum Gasteiger partial charge on any atom is -0.398 e. The molecule has 0 fully saturated rings. The molecule has 0 saturated heterocycles. The highest BCUT2D eigenvalue weighted by Crippen LogP contribution is 2.41. The molecule has 3 aromatic rings. The number of hydrogen-bond acceptors (Lipinski definition) is 3. The number of hydrogen-bond donors (Lipinski definition) is 2. The van der Waals surface area contributed by atoms with Gasteiger partial charge in [-0.3, -0.25) is 4.98 Å². The highest BCUT2D eigenvalue weighted by Gasteiger charge is 2.30. The Hall–Kier alpha value is -4.71. The summed E-state index contributed by atoms with van der Waals surface area (Å²) in [5.74, 6) is -3.00. The average molecular weight is 599 g/mol. The standard InChI is InChI=1S/C32H34F2N4.C2H6.2C2H4/c1-8-10-12-23-16-24(28(9-2)37-21(23)5)18-38-29-15-19(3)27(32(7,33)34)17-26(29)30(31(38)20(4)35)25-13-11-14-36-22(25)6;3*1-2/h8,10-17,36H,1,4,6,9,18,35H2,2-3,5,7H3;1-2H3;2*1-2H2/b12-10-;;;. The van der Waals surface area contributed by atoms with Gasteiger partial charge in [-0.2, -0.15) is 0 Å². The summed E-state index contributed by atoms with van der Waals surface area (Å²) < 4.78 is 31.4. The predicted octanol–water partition coefficient (Wildman–Crippen LogP) is 10.1. The van der Waals surface area contributed by atoms with Crippen molar-refractivity contribution >= 4 is 28.2 Å². The van der Waals surface area contributed by atoms with Crippen molar-refractivity contribution in [3.63, 3.8) is 0 Å². The quantitative estimate of drug-likeness (QED) is 0.200. The molecule has 0 bridgehead atoms. The fourth-order valence-corrected chi connectivity index (χ4v) is 5.12. The lowest BCUT2D eigenvalue weighted by atomic mass is 9.94. The lowest BCUT2D eigenvalue weighted by molar-refractivity contribution is 0.0170. The Bertz CT molecular complexity index is 1590. The van der Waals surface area contributed by atoms with Gasteiger partial charge in [0.2, 0.25) is 0 Å². The Balaban J connectivity index is 0.00000152. The molecule has 3 heterocycles. The number of aromatic nitrogens is 2. The summed E-state index contributed by atoms with van der Waals surface area (Å²) in [5, 5.41) is 3.80. The summed E-state index contributed by atoms with van der Waals surface area (Å²) in [5.41, 5.74) is 14.8. The van der Waals surface area contributed by atoms with E-state index in [-0.39, 0.29) is 5.56 Å². The summed E-state index contributed by atoms with van der Waals surface area (Å²) in [6, 6.07) is 5.53. The molecular weight excluding hydrogens is 550 g/mol. The largest absolute Gasteiger partial charge is 0.398 e. The number of nitrogens with one attached hydrogen (secondary N) is 1. The van der Waals surface area contributed by atoms with Gasteiger partial charge in [-0.25, -0.2) is 8.78 Å². The van der Waals surface area contributed by atoms with Crippen LogP contribution in [0.25, 0.3) is 28.2 Å². The monoisotopic (exact) mass is 598 g/mol. The third-order valence-electron chi connectivity index (χ3n) is 6.89. The number of rotatable bonds is 8. The van der Waals surface area contributed by atoms with Crippen LogP contribution in [0.3, 0.4) is 0 Å². The molecule has 0 unspecified atom stereocenters. The first-order chi connectivity index (χ1) is 21.0. The fraction of sp³-hybridized carbons (Fsp3) is 0.237. The van der Waals surface area contributed by atoms with Crippen molar-refractivity contribution in [1.82, 2.24) is 14.9 Å². The molecule has 234 valence electrons. The second kappa shape index (κ2) is 16.8. The van der Waals surface area contributed by atoms with E-state index in [0.29, 0.717) is 34.6 Å². The van der Waals surface area contributed by atoms with Crippen LogP contribution in [0.2, 0.25) is 0 Å². The van der Waals surface area contributed by atoms with E-state index in [0.717, 1.165) is 52.5 Å². The van der Waals surface area contributed by atoms with Gasteiger partial charge < -0.3 is 15.6 Å². The first-order valence-electron chi connectivity index (χ1n) is 14.6. The number of allylic oxidation sites excluding steroid dienone is 5. The third-order valence-corrected chi connectivity index (χ3v) is 6.89. The number of fused-ring (bicyclic) bond motifs is 1. The molecule has 2 aromatic heterocycles. The number of nitrogens with zero attached hydrogens (tertiary/aromatic N) is 2. The molecule has 0 spiro atoms. The van der Waals surface area contributed by atoms with Gasteiger partial charge in [-0.1, -0.05) is 64.8 Å². The summed E-state index contributed by atoms with van der Waals surface area (Å²) in [6.45, 7) is 35.1. The number of alkyl halides is 2. The number of pyridine rings is 1. The van der Waals surface area contributed by atoms with Crippen molar-refractivity contribution in [3.8, 4) is 0 Å². The van der Waals surface area contributed by atoms with Crippen molar-refractivity contribution < 1.29 is 8.78 Å². The zero-order valence-electron chi connectivity index (χ0n) is 27.3. The maximum atomic E-state index is 14.7. The van der Waals surface area contributed by atoms with Gasteiger partial charge in [0.15, 0.2) is 0 Å². The van der Waals surface area contributed by atoms with E-state index >= 15 is 0 Å². The van der Waals surface area contributed by atoms with E-state index in [9.17, 15) is 8.78 Å². The molecule has 0 aliphatic carbocycles. The van der Waals surface area contributed by atoms with Crippen LogP contribution in [0.5, 0.6) is 0 Å². The average Bonchev–Trinajstić information content (AvgIpc) is 3.32. The van der Waals surface area contributed by atoms with E-state index in [4.69, 9.17) is 10.7 Å². The highest BCUT2D eigenvalue weighted by atomic mass is 19.3. The molecular formula is C38H48F2N4. The SMILES string of the molecule is C=C.C=C.C=C/C=C\c1cc(Cn2c(C(=C)N)c(C3=CC=CNC3=C)c3cc(C(C)(F)F)c(C)cc32)c(CC)nc1C.CC. The van der Waals surface area contributed by atoms with E-state index < -0.39 is 5.92 Å². The molecule has 6 heteroatoms. The van der Waals surface area contributed by atoms with Crippen molar-refractivity contribution in [3.05, 3.63) is 145 Å². The summed E-state index contributed by atoms with van der Waals surface area (Å²) in [4.78, 5) is 4.87. The van der Waals surface area contributed by atoms with Gasteiger partial charge in [0.05, 0.1) is 12.2 Å². The van der Waals surface area contributed by atoms with Crippen molar-refractivity contribution in [2.75, 3.05) is 0 Å². The van der Waals surface area contributed by atoms with Gasteiger partial charge in [0.25, 0.3) is 5.92 Å². The fourth-order valence-electron chi connectivity index (χ4n) is 5.12. The first kappa shape index (κ1) is 37.3. The molecule has 1 aliphatic heterocycles. The molecule has 1 aromatic carbocycles. The molecule has 0 saturated carbocycles. The zero-order chi connectivity index (χ0) is 33.8. The van der Waals surface area contributed by atoms with Gasteiger partial charge >= 0.3 is 0 Å². The van der Waals surface area contributed by atoms with Crippen molar-refractivity contribution in [2.45, 2.75) is 60.4 Å². The Morgan fingerprint density at radius 1 is 1.11 bits per heavy atom. The van der Waals surface area contributed by atoms with Gasteiger partial charge in [0, 0.05) is 63.5 Å². The maximum absolute atomic E-state index is 14.7. The Morgan fingerprint density at radius 3 is 2.27 bits per heavy atom. The lowest BCUT2D eigenvalue weighted by Gasteiger charge is -2.18. The van der Waals surface area contributed by atoms with Crippen LogP contribution in [0.4, 0.5) is 8.78 Å². The van der Waals surface area contributed by atoms with Gasteiger partial charge in [-0.05, 0) is 61.2 Å². The van der Waals surface area contributed by atoms with Crippen LogP contribution < -0.4 is 11.1 Å². The predicted molar refractivity (Wildman–Crippen MR) is 189 cm³/mol. The van der Waals surface area contributed by atoms with Crippen LogP contribution >= 0.6 is 0 Å². The summed E-state index contributed by atoms with van der Waals surface area (Å²) in [7, 11) is 0. The lowest BCUT2D eigenvalue weighted by Crippen LogP contribution is -2.13. The van der Waals surface area contributed by atoms with E-state index in [1.807, 2.05) is 51.1 Å². The minimum absolute atomic E-state index is 0.0220. The molecule has 0 amide bonds. The number of benzene rings is 1. The van der Waals surface area contributed by atoms with E-state index in [1.165, 1.54) is 0 Å². The first-order valence-corrected chi connectivity index (χ1v) is 14.6. The Morgan fingerprint density at radius 2 is 1.75 bits per heavy atom. The molecule has 0 atom stereocenters. The number of dihydropyridines is 1. The molecule has 4 nitrogen and oxygen atoms in total.